The maximum atomic E-state index is 13.3. The first kappa shape index (κ1) is 17.3. The lowest BCUT2D eigenvalue weighted by Gasteiger charge is -2.40. The van der Waals surface area contributed by atoms with Crippen LogP contribution in [0.15, 0.2) is 89.1 Å². The van der Waals surface area contributed by atoms with Gasteiger partial charge in [-0.1, -0.05) is 66.8 Å². The van der Waals surface area contributed by atoms with Crippen LogP contribution in [0, 0.1) is 25.7 Å². The molecule has 0 saturated heterocycles. The summed E-state index contributed by atoms with van der Waals surface area (Å²) in [7, 11) is 0. The van der Waals surface area contributed by atoms with Crippen LogP contribution in [-0.2, 0) is 6.18 Å². The van der Waals surface area contributed by atoms with E-state index in [0.717, 1.165) is 11.1 Å². The van der Waals surface area contributed by atoms with Gasteiger partial charge in [0.1, 0.15) is 0 Å². The molecule has 140 valence electrons. The first-order chi connectivity index (χ1) is 13.3. The Bertz CT molecular complexity index is 1090. The number of benzene rings is 1. The normalized spacial score (nSPS) is 24.7. The van der Waals surface area contributed by atoms with Crippen molar-refractivity contribution >= 4 is 5.57 Å². The molecule has 3 heteroatoms. The molecule has 0 spiro atoms. The van der Waals surface area contributed by atoms with E-state index in [0.29, 0.717) is 11.8 Å². The van der Waals surface area contributed by atoms with E-state index in [1.54, 1.807) is 26.0 Å². The molecular formula is C25H19F3. The lowest BCUT2D eigenvalue weighted by molar-refractivity contribution is -0.138. The SMILES string of the molecule is Cc1cc(C2=CC3=CC=C4C=CC=C5C=CC(=C2)C3C54)cc(C)c1C(F)(F)F. The third-order valence-electron chi connectivity index (χ3n) is 6.08. The molecule has 5 rings (SSSR count). The van der Waals surface area contributed by atoms with Gasteiger partial charge in [0.2, 0.25) is 0 Å². The monoisotopic (exact) mass is 376 g/mol. The molecule has 0 saturated carbocycles. The fourth-order valence-corrected chi connectivity index (χ4v) is 4.96. The van der Waals surface area contributed by atoms with Crippen LogP contribution in [0.1, 0.15) is 22.3 Å². The van der Waals surface area contributed by atoms with Gasteiger partial charge in [0, 0.05) is 11.8 Å². The topological polar surface area (TPSA) is 0 Å². The summed E-state index contributed by atoms with van der Waals surface area (Å²) in [5, 5.41) is 0. The van der Waals surface area contributed by atoms with Gasteiger partial charge in [-0.3, -0.25) is 0 Å². The third-order valence-corrected chi connectivity index (χ3v) is 6.08. The molecule has 0 amide bonds. The Balaban J connectivity index is 1.64. The van der Waals surface area contributed by atoms with Crippen LogP contribution < -0.4 is 0 Å². The first-order valence-electron chi connectivity index (χ1n) is 9.43. The Morgan fingerprint density at radius 2 is 1.32 bits per heavy atom. The smallest absolute Gasteiger partial charge is 0.166 e. The van der Waals surface area contributed by atoms with E-state index < -0.39 is 11.7 Å². The number of hydrogen-bond acceptors (Lipinski definition) is 0. The minimum Gasteiger partial charge on any atom is -0.166 e. The van der Waals surface area contributed by atoms with Crippen molar-refractivity contribution in [2.75, 3.05) is 0 Å². The van der Waals surface area contributed by atoms with Gasteiger partial charge in [-0.2, -0.15) is 13.2 Å². The molecule has 2 unspecified atom stereocenters. The Morgan fingerprint density at radius 3 is 2.04 bits per heavy atom. The highest BCUT2D eigenvalue weighted by atomic mass is 19.4. The summed E-state index contributed by atoms with van der Waals surface area (Å²) in [5.74, 6) is 0.636. The zero-order chi connectivity index (χ0) is 19.6. The van der Waals surface area contributed by atoms with Crippen molar-refractivity contribution in [3.63, 3.8) is 0 Å². The van der Waals surface area contributed by atoms with E-state index in [4.69, 9.17) is 0 Å². The van der Waals surface area contributed by atoms with Crippen molar-refractivity contribution in [1.82, 2.24) is 0 Å². The summed E-state index contributed by atoms with van der Waals surface area (Å²) in [6.07, 6.45) is 15.0. The lowest BCUT2D eigenvalue weighted by Crippen LogP contribution is -2.28. The second-order valence-corrected chi connectivity index (χ2v) is 7.87. The Morgan fingerprint density at radius 1 is 0.714 bits per heavy atom. The van der Waals surface area contributed by atoms with Crippen LogP contribution in [0.25, 0.3) is 5.57 Å². The average Bonchev–Trinajstić information content (AvgIpc) is 2.64. The summed E-state index contributed by atoms with van der Waals surface area (Å²) in [6, 6.07) is 3.32. The molecule has 4 aliphatic carbocycles. The van der Waals surface area contributed by atoms with Crippen molar-refractivity contribution in [2.45, 2.75) is 20.0 Å². The van der Waals surface area contributed by atoms with Crippen LogP contribution in [0.2, 0.25) is 0 Å². The van der Waals surface area contributed by atoms with Crippen molar-refractivity contribution in [3.8, 4) is 0 Å². The van der Waals surface area contributed by atoms with Gasteiger partial charge in [-0.15, -0.1) is 0 Å². The van der Waals surface area contributed by atoms with E-state index >= 15 is 0 Å². The molecule has 1 aromatic rings. The summed E-state index contributed by atoms with van der Waals surface area (Å²) in [5.41, 5.74) is 6.91. The number of hydrogen-bond donors (Lipinski definition) is 0. The van der Waals surface area contributed by atoms with Crippen molar-refractivity contribution < 1.29 is 13.2 Å². The van der Waals surface area contributed by atoms with Crippen LogP contribution in [-0.4, -0.2) is 0 Å². The molecule has 0 aromatic heterocycles. The standard InChI is InChI=1S/C25H19F3/c1-14-10-20(11-15(2)24(14)25(26,27)28)21-12-18-8-6-16-4-3-5-17-7-9-19(13-21)23(18)22(16)17/h3-13,22-23H,1-2H3. The highest BCUT2D eigenvalue weighted by Gasteiger charge is 2.38. The predicted octanol–water partition coefficient (Wildman–Crippen LogP) is 6.81. The Kier molecular flexibility index (Phi) is 3.61. The first-order valence-corrected chi connectivity index (χ1v) is 9.43. The molecule has 1 aromatic carbocycles. The summed E-state index contributed by atoms with van der Waals surface area (Å²) in [6.45, 7) is 3.08. The van der Waals surface area contributed by atoms with Crippen LogP contribution in [0.4, 0.5) is 13.2 Å². The van der Waals surface area contributed by atoms with Crippen LogP contribution in [0.5, 0.6) is 0 Å². The zero-order valence-electron chi connectivity index (χ0n) is 15.6. The molecule has 0 heterocycles. The van der Waals surface area contributed by atoms with Gasteiger partial charge >= 0.3 is 6.18 Å². The van der Waals surface area contributed by atoms with Gasteiger partial charge in [0.05, 0.1) is 5.56 Å². The quantitative estimate of drug-likeness (QED) is 0.505. The summed E-state index contributed by atoms with van der Waals surface area (Å²) < 4.78 is 40.0. The Labute approximate surface area is 162 Å². The summed E-state index contributed by atoms with van der Waals surface area (Å²) in [4.78, 5) is 0. The third kappa shape index (κ3) is 2.53. The second kappa shape index (κ2) is 5.84. The molecule has 0 fully saturated rings. The number of rotatable bonds is 1. The highest BCUT2D eigenvalue weighted by molar-refractivity contribution is 5.82. The van der Waals surface area contributed by atoms with Gasteiger partial charge in [0.25, 0.3) is 0 Å². The maximum absolute atomic E-state index is 13.3. The number of halogens is 3. The van der Waals surface area contributed by atoms with Gasteiger partial charge in [-0.25, -0.2) is 0 Å². The number of alkyl halides is 3. The fourth-order valence-electron chi connectivity index (χ4n) is 4.96. The molecular weight excluding hydrogens is 357 g/mol. The maximum Gasteiger partial charge on any atom is 0.416 e. The minimum atomic E-state index is -4.33. The van der Waals surface area contributed by atoms with Gasteiger partial charge in [-0.05, 0) is 58.4 Å². The molecule has 0 bridgehead atoms. The average molecular weight is 376 g/mol. The predicted molar refractivity (Wildman–Crippen MR) is 106 cm³/mol. The van der Waals surface area contributed by atoms with Crippen LogP contribution in [0.3, 0.4) is 0 Å². The van der Waals surface area contributed by atoms with Crippen molar-refractivity contribution in [3.05, 3.63) is 111 Å². The molecule has 0 N–H and O–H groups in total. The highest BCUT2D eigenvalue weighted by Crippen LogP contribution is 2.50. The molecule has 4 aliphatic rings. The van der Waals surface area contributed by atoms with E-state index in [9.17, 15) is 13.2 Å². The zero-order valence-corrected chi connectivity index (χ0v) is 15.6. The molecule has 0 aliphatic heterocycles. The van der Waals surface area contributed by atoms with E-state index in [-0.39, 0.29) is 11.1 Å². The van der Waals surface area contributed by atoms with Gasteiger partial charge in [0.15, 0.2) is 0 Å². The molecule has 0 radical (unpaired) electrons. The summed E-state index contributed by atoms with van der Waals surface area (Å²) >= 11 is 0. The van der Waals surface area contributed by atoms with Gasteiger partial charge < -0.3 is 0 Å². The molecule has 2 atom stereocenters. The number of aryl methyl sites for hydroxylation is 2. The fraction of sp³-hybridized carbons (Fsp3) is 0.200. The lowest BCUT2D eigenvalue weighted by atomic mass is 9.64. The van der Waals surface area contributed by atoms with Crippen molar-refractivity contribution in [2.24, 2.45) is 11.8 Å². The minimum absolute atomic E-state index is 0.269. The van der Waals surface area contributed by atoms with E-state index in [2.05, 4.69) is 54.7 Å². The Hall–Kier alpha value is -2.81. The number of allylic oxidation sites excluding steroid dienone is 14. The van der Waals surface area contributed by atoms with Crippen LogP contribution >= 0.6 is 0 Å². The van der Waals surface area contributed by atoms with E-state index in [1.807, 2.05) is 0 Å². The van der Waals surface area contributed by atoms with E-state index in [1.165, 1.54) is 22.3 Å². The largest absolute Gasteiger partial charge is 0.416 e. The molecule has 28 heavy (non-hydrogen) atoms. The second-order valence-electron chi connectivity index (χ2n) is 7.87. The molecule has 0 nitrogen and oxygen atoms in total. The van der Waals surface area contributed by atoms with Crippen molar-refractivity contribution in [1.29, 1.82) is 0 Å².